The molecule has 0 saturated carbocycles. The van der Waals surface area contributed by atoms with E-state index in [4.69, 9.17) is 11.6 Å². The topological polar surface area (TPSA) is 29.1 Å². The monoisotopic (exact) mass is 209 g/mol. The van der Waals surface area contributed by atoms with Crippen LogP contribution in [-0.2, 0) is 4.79 Å². The van der Waals surface area contributed by atoms with Crippen molar-refractivity contribution in [3.63, 3.8) is 0 Å². The normalized spacial score (nSPS) is 11.2. The number of carbonyl (C=O) groups excluding carboxylic acids is 1. The average molecular weight is 210 g/mol. The van der Waals surface area contributed by atoms with Crippen LogP contribution in [0.25, 0.3) is 0 Å². The van der Waals surface area contributed by atoms with E-state index in [1.807, 2.05) is 19.1 Å². The molecule has 0 aromatic heterocycles. The van der Waals surface area contributed by atoms with Crippen molar-refractivity contribution >= 4 is 23.1 Å². The second-order valence-electron chi connectivity index (χ2n) is 3.07. The standard InChI is InChI=1S/C11H12ClNO/c1-8(7-9(2)14)13-11-5-3-10(12)4-6-11/h3-7,13H,1-2H3. The highest BCUT2D eigenvalue weighted by Gasteiger charge is 1.94. The summed E-state index contributed by atoms with van der Waals surface area (Å²) < 4.78 is 0. The molecule has 0 fully saturated rings. The summed E-state index contributed by atoms with van der Waals surface area (Å²) in [5, 5.41) is 3.78. The predicted molar refractivity (Wildman–Crippen MR) is 59.5 cm³/mol. The van der Waals surface area contributed by atoms with Crippen molar-refractivity contribution in [2.75, 3.05) is 5.32 Å². The Kier molecular flexibility index (Phi) is 3.72. The van der Waals surface area contributed by atoms with E-state index in [1.54, 1.807) is 18.2 Å². The molecule has 0 aliphatic carbocycles. The first-order valence-corrected chi connectivity index (χ1v) is 4.67. The molecule has 0 radical (unpaired) electrons. The Bertz CT molecular complexity index is 354. The van der Waals surface area contributed by atoms with E-state index in [0.29, 0.717) is 5.02 Å². The van der Waals surface area contributed by atoms with E-state index in [-0.39, 0.29) is 5.78 Å². The van der Waals surface area contributed by atoms with Crippen LogP contribution < -0.4 is 5.32 Å². The van der Waals surface area contributed by atoms with Gasteiger partial charge in [0.05, 0.1) is 0 Å². The van der Waals surface area contributed by atoms with E-state index in [0.717, 1.165) is 11.4 Å². The minimum Gasteiger partial charge on any atom is -0.359 e. The van der Waals surface area contributed by atoms with Crippen LogP contribution in [0.5, 0.6) is 0 Å². The summed E-state index contributed by atoms with van der Waals surface area (Å²) in [4.78, 5) is 10.8. The Hall–Kier alpha value is -1.28. The zero-order valence-electron chi connectivity index (χ0n) is 8.17. The molecule has 0 spiro atoms. The lowest BCUT2D eigenvalue weighted by Crippen LogP contribution is -1.97. The van der Waals surface area contributed by atoms with Crippen LogP contribution in [0.4, 0.5) is 5.69 Å². The SMILES string of the molecule is CC(=O)C=C(C)Nc1ccc(Cl)cc1. The lowest BCUT2D eigenvalue weighted by atomic mass is 10.3. The molecule has 1 aromatic carbocycles. The third kappa shape index (κ3) is 3.62. The molecule has 1 N–H and O–H groups in total. The van der Waals surface area contributed by atoms with Gasteiger partial charge in [-0.15, -0.1) is 0 Å². The largest absolute Gasteiger partial charge is 0.359 e. The zero-order chi connectivity index (χ0) is 10.6. The maximum atomic E-state index is 10.8. The number of carbonyl (C=O) groups is 1. The van der Waals surface area contributed by atoms with Crippen LogP contribution in [0, 0.1) is 0 Å². The highest BCUT2D eigenvalue weighted by atomic mass is 35.5. The predicted octanol–water partition coefficient (Wildman–Crippen LogP) is 3.24. The van der Waals surface area contributed by atoms with Gasteiger partial charge in [0.2, 0.25) is 0 Å². The van der Waals surface area contributed by atoms with E-state index < -0.39 is 0 Å². The van der Waals surface area contributed by atoms with Gasteiger partial charge in [0.15, 0.2) is 5.78 Å². The molecule has 0 saturated heterocycles. The smallest absolute Gasteiger partial charge is 0.154 e. The number of hydrogen-bond acceptors (Lipinski definition) is 2. The summed E-state index contributed by atoms with van der Waals surface area (Å²) in [6.07, 6.45) is 1.55. The van der Waals surface area contributed by atoms with Gasteiger partial charge in [-0.1, -0.05) is 11.6 Å². The highest BCUT2D eigenvalue weighted by molar-refractivity contribution is 6.30. The van der Waals surface area contributed by atoms with Gasteiger partial charge in [0.1, 0.15) is 0 Å². The van der Waals surface area contributed by atoms with Crippen molar-refractivity contribution in [3.05, 3.63) is 41.1 Å². The van der Waals surface area contributed by atoms with E-state index >= 15 is 0 Å². The molecule has 0 amide bonds. The fraction of sp³-hybridized carbons (Fsp3) is 0.182. The van der Waals surface area contributed by atoms with Crippen LogP contribution in [0.1, 0.15) is 13.8 Å². The molecule has 0 heterocycles. The van der Waals surface area contributed by atoms with Crippen molar-refractivity contribution < 1.29 is 4.79 Å². The zero-order valence-corrected chi connectivity index (χ0v) is 8.93. The summed E-state index contributed by atoms with van der Waals surface area (Å²) in [7, 11) is 0. The molecule has 0 aliphatic rings. The molecular weight excluding hydrogens is 198 g/mol. The number of anilines is 1. The number of ketones is 1. The van der Waals surface area contributed by atoms with Crippen molar-refractivity contribution in [2.24, 2.45) is 0 Å². The van der Waals surface area contributed by atoms with E-state index in [2.05, 4.69) is 5.32 Å². The highest BCUT2D eigenvalue weighted by Crippen LogP contribution is 2.14. The quantitative estimate of drug-likeness (QED) is 0.775. The Morgan fingerprint density at radius 2 is 1.86 bits per heavy atom. The number of rotatable bonds is 3. The summed E-state index contributed by atoms with van der Waals surface area (Å²) in [5.41, 5.74) is 1.74. The summed E-state index contributed by atoms with van der Waals surface area (Å²) in [6, 6.07) is 7.31. The molecule has 14 heavy (non-hydrogen) atoms. The average Bonchev–Trinajstić information content (AvgIpc) is 2.07. The molecule has 3 heteroatoms. The maximum Gasteiger partial charge on any atom is 0.154 e. The molecule has 0 aliphatic heterocycles. The van der Waals surface area contributed by atoms with Gasteiger partial charge in [-0.3, -0.25) is 4.79 Å². The number of nitrogens with one attached hydrogen (secondary N) is 1. The Balaban J connectivity index is 2.69. The molecule has 74 valence electrons. The first kappa shape index (κ1) is 10.8. The summed E-state index contributed by atoms with van der Waals surface area (Å²) in [6.45, 7) is 3.36. The molecular formula is C11H12ClNO. The lowest BCUT2D eigenvalue weighted by molar-refractivity contribution is -0.112. The van der Waals surface area contributed by atoms with Gasteiger partial charge in [-0.2, -0.15) is 0 Å². The molecule has 0 bridgehead atoms. The van der Waals surface area contributed by atoms with Gasteiger partial charge in [0, 0.05) is 16.4 Å². The van der Waals surface area contributed by atoms with Crippen LogP contribution in [0.3, 0.4) is 0 Å². The lowest BCUT2D eigenvalue weighted by Gasteiger charge is -2.05. The minimum absolute atomic E-state index is 0.0314. The van der Waals surface area contributed by atoms with Crippen LogP contribution in [-0.4, -0.2) is 5.78 Å². The first-order valence-electron chi connectivity index (χ1n) is 4.29. The van der Waals surface area contributed by atoms with Crippen molar-refractivity contribution in [1.29, 1.82) is 0 Å². The maximum absolute atomic E-state index is 10.8. The van der Waals surface area contributed by atoms with Gasteiger partial charge in [-0.25, -0.2) is 0 Å². The van der Waals surface area contributed by atoms with Crippen LogP contribution >= 0.6 is 11.6 Å². The number of hydrogen-bond donors (Lipinski definition) is 1. The fourth-order valence-electron chi connectivity index (χ4n) is 1.10. The van der Waals surface area contributed by atoms with Gasteiger partial charge >= 0.3 is 0 Å². The van der Waals surface area contributed by atoms with E-state index in [9.17, 15) is 4.79 Å². The second-order valence-corrected chi connectivity index (χ2v) is 3.51. The van der Waals surface area contributed by atoms with Crippen molar-refractivity contribution in [1.82, 2.24) is 0 Å². The van der Waals surface area contributed by atoms with Crippen LogP contribution in [0.15, 0.2) is 36.0 Å². The van der Waals surface area contributed by atoms with Crippen molar-refractivity contribution in [2.45, 2.75) is 13.8 Å². The molecule has 0 atom stereocenters. The van der Waals surface area contributed by atoms with Gasteiger partial charge in [-0.05, 0) is 44.2 Å². The first-order chi connectivity index (χ1) is 6.58. The summed E-state index contributed by atoms with van der Waals surface area (Å²) >= 11 is 5.74. The molecule has 0 unspecified atom stereocenters. The number of benzene rings is 1. The molecule has 1 rings (SSSR count). The number of halogens is 1. The van der Waals surface area contributed by atoms with Gasteiger partial charge in [0.25, 0.3) is 0 Å². The summed E-state index contributed by atoms with van der Waals surface area (Å²) in [5.74, 6) is 0.0314. The van der Waals surface area contributed by atoms with Crippen molar-refractivity contribution in [3.8, 4) is 0 Å². The third-order valence-electron chi connectivity index (χ3n) is 1.61. The fourth-order valence-corrected chi connectivity index (χ4v) is 1.23. The Morgan fingerprint density at radius 3 is 2.36 bits per heavy atom. The Morgan fingerprint density at radius 1 is 1.29 bits per heavy atom. The van der Waals surface area contributed by atoms with Crippen LogP contribution in [0.2, 0.25) is 5.02 Å². The molecule has 1 aromatic rings. The third-order valence-corrected chi connectivity index (χ3v) is 1.86. The number of allylic oxidation sites excluding steroid dienone is 2. The molecule has 2 nitrogen and oxygen atoms in total. The van der Waals surface area contributed by atoms with Gasteiger partial charge < -0.3 is 5.32 Å². The Labute approximate surface area is 88.6 Å². The minimum atomic E-state index is 0.0314. The van der Waals surface area contributed by atoms with E-state index in [1.165, 1.54) is 6.92 Å². The second kappa shape index (κ2) is 4.82.